The second-order valence-corrected chi connectivity index (χ2v) is 3.83. The first-order valence-corrected chi connectivity index (χ1v) is 4.94. The van der Waals surface area contributed by atoms with Gasteiger partial charge in [0.25, 0.3) is 0 Å². The van der Waals surface area contributed by atoms with Crippen LogP contribution in [-0.2, 0) is 16.7 Å². The predicted molar refractivity (Wildman–Crippen MR) is 51.8 cm³/mol. The van der Waals surface area contributed by atoms with Crippen LogP contribution in [0.25, 0.3) is 0 Å². The molecule has 1 rings (SSSR count). The summed E-state index contributed by atoms with van der Waals surface area (Å²) in [5.41, 5.74) is 7.25. The van der Waals surface area contributed by atoms with Gasteiger partial charge in [0.05, 0.1) is 16.7 Å². The number of nitrogens with one attached hydrogen (secondary N) is 1. The van der Waals surface area contributed by atoms with E-state index in [2.05, 4.69) is 4.72 Å². The molecule has 0 spiro atoms. The molecule has 0 aliphatic rings. The summed E-state index contributed by atoms with van der Waals surface area (Å²) < 4.78 is 13.7. The molecule has 12 heavy (non-hydrogen) atoms. The topological polar surface area (TPSA) is 55.1 Å². The van der Waals surface area contributed by atoms with Crippen LogP contribution >= 0.6 is 0 Å². The van der Waals surface area contributed by atoms with E-state index in [1.165, 1.54) is 0 Å². The smallest absolute Gasteiger partial charge is 0.0957 e. The first kappa shape index (κ1) is 9.22. The molecule has 3 N–H and O–H groups in total. The summed E-state index contributed by atoms with van der Waals surface area (Å²) in [6.45, 7) is 0. The lowest BCUT2D eigenvalue weighted by Gasteiger charge is -2.00. The van der Waals surface area contributed by atoms with Crippen molar-refractivity contribution in [3.8, 4) is 0 Å². The highest BCUT2D eigenvalue weighted by molar-refractivity contribution is 7.82. The maximum atomic E-state index is 11.1. The van der Waals surface area contributed by atoms with Gasteiger partial charge < -0.3 is 5.73 Å². The van der Waals surface area contributed by atoms with Crippen molar-refractivity contribution in [1.82, 2.24) is 4.72 Å². The summed E-state index contributed by atoms with van der Waals surface area (Å²) in [4.78, 5) is 0. The Hall–Kier alpha value is -0.870. The third-order valence-corrected chi connectivity index (χ3v) is 2.53. The zero-order chi connectivity index (χ0) is 8.97. The number of benzene rings is 1. The Labute approximate surface area is 74.6 Å². The monoisotopic (exact) mass is 184 g/mol. The van der Waals surface area contributed by atoms with Crippen LogP contribution < -0.4 is 10.5 Å². The van der Waals surface area contributed by atoms with E-state index < -0.39 is 11.0 Å². The lowest BCUT2D eigenvalue weighted by Crippen LogP contribution is -2.12. The van der Waals surface area contributed by atoms with Gasteiger partial charge in [-0.15, -0.1) is 0 Å². The van der Waals surface area contributed by atoms with Crippen LogP contribution in [0.1, 0.15) is 5.56 Å². The summed E-state index contributed by atoms with van der Waals surface area (Å²) in [6, 6.07) is 7.41. The fourth-order valence-corrected chi connectivity index (χ4v) is 1.53. The van der Waals surface area contributed by atoms with Crippen molar-refractivity contribution in [2.45, 2.75) is 5.75 Å². The van der Waals surface area contributed by atoms with Gasteiger partial charge in [-0.25, -0.2) is 8.93 Å². The van der Waals surface area contributed by atoms with E-state index in [4.69, 9.17) is 5.73 Å². The van der Waals surface area contributed by atoms with Crippen molar-refractivity contribution < 1.29 is 4.21 Å². The number of hydrogen-bond donors (Lipinski definition) is 2. The zero-order valence-electron chi connectivity index (χ0n) is 6.91. The molecule has 0 aromatic heterocycles. The summed E-state index contributed by atoms with van der Waals surface area (Å²) in [7, 11) is 0.677. The molecule has 0 aliphatic carbocycles. The first-order chi connectivity index (χ1) is 5.72. The van der Waals surface area contributed by atoms with Crippen molar-refractivity contribution >= 4 is 16.7 Å². The normalized spacial score (nSPS) is 12.8. The molecule has 1 aromatic carbocycles. The molecule has 0 bridgehead atoms. The highest BCUT2D eigenvalue weighted by atomic mass is 32.2. The van der Waals surface area contributed by atoms with Crippen LogP contribution in [-0.4, -0.2) is 11.3 Å². The minimum absolute atomic E-state index is 0.502. The van der Waals surface area contributed by atoms with Crippen molar-refractivity contribution in [3.63, 3.8) is 0 Å². The molecule has 1 atom stereocenters. The summed E-state index contributed by atoms with van der Waals surface area (Å²) in [6.07, 6.45) is 0. The highest BCUT2D eigenvalue weighted by Gasteiger charge is 1.98. The van der Waals surface area contributed by atoms with Gasteiger partial charge in [-0.2, -0.15) is 0 Å². The maximum absolute atomic E-state index is 11.1. The fourth-order valence-electron chi connectivity index (χ4n) is 0.906. The Morgan fingerprint density at radius 2 is 2.33 bits per heavy atom. The van der Waals surface area contributed by atoms with Gasteiger partial charge >= 0.3 is 0 Å². The quantitative estimate of drug-likeness (QED) is 0.678. The lowest BCUT2D eigenvalue weighted by atomic mass is 10.2. The van der Waals surface area contributed by atoms with Crippen LogP contribution in [0.5, 0.6) is 0 Å². The van der Waals surface area contributed by atoms with E-state index >= 15 is 0 Å². The molecule has 0 saturated heterocycles. The van der Waals surface area contributed by atoms with Gasteiger partial charge in [-0.3, -0.25) is 0 Å². The number of rotatable bonds is 3. The van der Waals surface area contributed by atoms with E-state index in [-0.39, 0.29) is 0 Å². The average molecular weight is 184 g/mol. The van der Waals surface area contributed by atoms with E-state index in [0.29, 0.717) is 11.4 Å². The second-order valence-electron chi connectivity index (χ2n) is 2.44. The van der Waals surface area contributed by atoms with E-state index in [1.807, 2.05) is 24.3 Å². The molecule has 4 heteroatoms. The van der Waals surface area contributed by atoms with E-state index in [1.54, 1.807) is 7.05 Å². The summed E-state index contributed by atoms with van der Waals surface area (Å²) >= 11 is 0. The minimum Gasteiger partial charge on any atom is -0.399 e. The number of nitrogen functional groups attached to an aromatic ring is 1. The molecule has 3 nitrogen and oxygen atoms in total. The molecular weight excluding hydrogens is 172 g/mol. The van der Waals surface area contributed by atoms with Gasteiger partial charge in [-0.1, -0.05) is 12.1 Å². The third kappa shape index (κ3) is 2.64. The lowest BCUT2D eigenvalue weighted by molar-refractivity contribution is 0.677. The Morgan fingerprint density at radius 3 is 2.92 bits per heavy atom. The third-order valence-electron chi connectivity index (χ3n) is 1.48. The number of anilines is 1. The van der Waals surface area contributed by atoms with E-state index in [0.717, 1.165) is 5.56 Å². The van der Waals surface area contributed by atoms with Crippen molar-refractivity contribution in [2.24, 2.45) is 0 Å². The van der Waals surface area contributed by atoms with Crippen LogP contribution in [0, 0.1) is 0 Å². The Morgan fingerprint density at radius 1 is 1.58 bits per heavy atom. The Bertz CT molecular complexity index is 288. The largest absolute Gasteiger partial charge is 0.399 e. The average Bonchev–Trinajstić information content (AvgIpc) is 2.04. The van der Waals surface area contributed by atoms with Gasteiger partial charge in [-0.05, 0) is 24.7 Å². The standard InChI is InChI=1S/C8H12N2OS/c1-10-12(11)6-7-3-2-4-8(9)5-7/h2-5,10H,6,9H2,1H3. The van der Waals surface area contributed by atoms with Gasteiger partial charge in [0.2, 0.25) is 0 Å². The summed E-state index contributed by atoms with van der Waals surface area (Å²) in [5.74, 6) is 0.502. The first-order valence-electron chi connectivity index (χ1n) is 3.62. The van der Waals surface area contributed by atoms with Crippen LogP contribution in [0.2, 0.25) is 0 Å². The van der Waals surface area contributed by atoms with Gasteiger partial charge in [0.1, 0.15) is 0 Å². The SMILES string of the molecule is CNS(=O)Cc1cccc(N)c1. The predicted octanol–water partition coefficient (Wildman–Crippen LogP) is 0.652. The van der Waals surface area contributed by atoms with Crippen LogP contribution in [0.3, 0.4) is 0 Å². The van der Waals surface area contributed by atoms with Crippen molar-refractivity contribution in [2.75, 3.05) is 12.8 Å². The van der Waals surface area contributed by atoms with Crippen molar-refractivity contribution in [3.05, 3.63) is 29.8 Å². The van der Waals surface area contributed by atoms with Gasteiger partial charge in [0.15, 0.2) is 0 Å². The molecule has 66 valence electrons. The van der Waals surface area contributed by atoms with Crippen LogP contribution in [0.4, 0.5) is 5.69 Å². The molecular formula is C8H12N2OS. The van der Waals surface area contributed by atoms with E-state index in [9.17, 15) is 4.21 Å². The molecule has 1 aromatic rings. The van der Waals surface area contributed by atoms with Crippen LogP contribution in [0.15, 0.2) is 24.3 Å². The molecule has 0 saturated carbocycles. The second kappa shape index (κ2) is 4.23. The minimum atomic E-state index is -0.992. The van der Waals surface area contributed by atoms with Gasteiger partial charge in [0, 0.05) is 5.69 Å². The highest BCUT2D eigenvalue weighted by Crippen LogP contribution is 2.07. The summed E-state index contributed by atoms with van der Waals surface area (Å²) in [5, 5.41) is 0. The molecule has 1 unspecified atom stereocenters. The number of hydrogen-bond acceptors (Lipinski definition) is 2. The molecule has 0 fully saturated rings. The molecule has 0 amide bonds. The number of nitrogens with two attached hydrogens (primary N) is 1. The fraction of sp³-hybridized carbons (Fsp3) is 0.250. The Balaban J connectivity index is 2.69. The zero-order valence-corrected chi connectivity index (χ0v) is 7.73. The molecule has 0 aliphatic heterocycles. The van der Waals surface area contributed by atoms with Crippen molar-refractivity contribution in [1.29, 1.82) is 0 Å². The molecule has 0 radical (unpaired) electrons. The maximum Gasteiger partial charge on any atom is 0.0957 e. The Kier molecular flexibility index (Phi) is 3.25. The molecule has 0 heterocycles.